The fourth-order valence-electron chi connectivity index (χ4n) is 2.12. The molecule has 0 amide bonds. The Hall–Kier alpha value is -2.50. The van der Waals surface area contributed by atoms with E-state index < -0.39 is 21.7 Å². The summed E-state index contributed by atoms with van der Waals surface area (Å²) in [6.07, 6.45) is 5.33. The minimum Gasteiger partial charge on any atom is -0.304 e. The van der Waals surface area contributed by atoms with E-state index in [-0.39, 0.29) is 16.2 Å². The fourth-order valence-corrected chi connectivity index (χ4v) is 4.38. The summed E-state index contributed by atoms with van der Waals surface area (Å²) < 4.78 is 56.9. The van der Waals surface area contributed by atoms with Crippen LogP contribution in [0.25, 0.3) is 10.2 Å². The van der Waals surface area contributed by atoms with Gasteiger partial charge in [0.2, 0.25) is 4.80 Å². The number of terminal acetylenes is 1. The molecule has 2 aromatic carbocycles. The van der Waals surface area contributed by atoms with Crippen molar-refractivity contribution in [1.29, 1.82) is 0 Å². The quantitative estimate of drug-likeness (QED) is 0.671. The van der Waals surface area contributed by atoms with Crippen molar-refractivity contribution in [3.8, 4) is 12.3 Å². The molecule has 0 bridgehead atoms. The topological polar surface area (TPSA) is 51.4 Å². The van der Waals surface area contributed by atoms with Crippen molar-refractivity contribution in [3.05, 3.63) is 58.9 Å². The largest absolute Gasteiger partial charge is 0.304 e. The highest BCUT2D eigenvalue weighted by molar-refractivity contribution is 7.90. The molecule has 0 radical (unpaired) electrons. The number of halogens is 2. The molecule has 1 heterocycles. The number of nitrogens with zero attached hydrogens (tertiary/aromatic N) is 2. The lowest BCUT2D eigenvalue weighted by Crippen LogP contribution is -2.16. The van der Waals surface area contributed by atoms with Crippen LogP contribution in [-0.2, 0) is 16.6 Å². The van der Waals surface area contributed by atoms with E-state index in [1.54, 1.807) is 0 Å². The van der Waals surface area contributed by atoms with Gasteiger partial charge in [0.15, 0.2) is 0 Å². The smallest absolute Gasteiger partial charge is 0.285 e. The second-order valence-electron chi connectivity index (χ2n) is 4.81. The highest BCUT2D eigenvalue weighted by Crippen LogP contribution is 2.19. The van der Waals surface area contributed by atoms with Crippen LogP contribution in [0, 0.1) is 24.0 Å². The summed E-state index contributed by atoms with van der Waals surface area (Å²) in [5, 5.41) is 0. The summed E-state index contributed by atoms with van der Waals surface area (Å²) in [7, 11) is -4.04. The van der Waals surface area contributed by atoms with E-state index in [2.05, 4.69) is 10.3 Å². The molecule has 0 spiro atoms. The Morgan fingerprint density at radius 2 is 1.79 bits per heavy atom. The Kier molecular flexibility index (Phi) is 4.22. The Morgan fingerprint density at radius 3 is 2.46 bits per heavy atom. The van der Waals surface area contributed by atoms with E-state index in [9.17, 15) is 17.2 Å². The van der Waals surface area contributed by atoms with Crippen LogP contribution in [0.2, 0.25) is 0 Å². The summed E-state index contributed by atoms with van der Waals surface area (Å²) in [4.78, 5) is -0.0160. The number of benzene rings is 2. The molecular formula is C16H10F2N2O2S2. The number of aromatic nitrogens is 1. The van der Waals surface area contributed by atoms with Gasteiger partial charge in [0.25, 0.3) is 10.0 Å². The van der Waals surface area contributed by atoms with Crippen LogP contribution in [0.4, 0.5) is 8.78 Å². The molecule has 0 N–H and O–H groups in total. The second-order valence-corrected chi connectivity index (χ2v) is 7.42. The average Bonchev–Trinajstić information content (AvgIpc) is 2.84. The van der Waals surface area contributed by atoms with Crippen LogP contribution in [0.1, 0.15) is 0 Å². The zero-order valence-electron chi connectivity index (χ0n) is 12.1. The third-order valence-electron chi connectivity index (χ3n) is 3.20. The molecule has 4 nitrogen and oxygen atoms in total. The van der Waals surface area contributed by atoms with Crippen molar-refractivity contribution < 1.29 is 17.2 Å². The SMILES string of the molecule is C#CCn1c(=NS(=O)(=O)c2ccc(F)cc2)sc2cc(F)ccc21. The van der Waals surface area contributed by atoms with E-state index in [0.717, 1.165) is 35.6 Å². The maximum absolute atomic E-state index is 13.4. The zero-order chi connectivity index (χ0) is 17.3. The normalized spacial score (nSPS) is 12.5. The van der Waals surface area contributed by atoms with Gasteiger partial charge in [-0.1, -0.05) is 17.3 Å². The van der Waals surface area contributed by atoms with E-state index in [1.165, 1.54) is 22.8 Å². The van der Waals surface area contributed by atoms with Crippen molar-refractivity contribution in [2.75, 3.05) is 0 Å². The Bertz CT molecular complexity index is 1120. The number of fused-ring (bicyclic) bond motifs is 1. The fraction of sp³-hybridized carbons (Fsp3) is 0.0625. The lowest BCUT2D eigenvalue weighted by Gasteiger charge is -2.01. The van der Waals surface area contributed by atoms with Crippen molar-refractivity contribution in [2.24, 2.45) is 4.40 Å². The summed E-state index contributed by atoms with van der Waals surface area (Å²) >= 11 is 1.01. The van der Waals surface area contributed by atoms with Gasteiger partial charge in [0, 0.05) is 0 Å². The van der Waals surface area contributed by atoms with Gasteiger partial charge in [-0.25, -0.2) is 8.78 Å². The van der Waals surface area contributed by atoms with Crippen LogP contribution in [-0.4, -0.2) is 13.0 Å². The molecule has 3 rings (SSSR count). The Labute approximate surface area is 140 Å². The standard InChI is InChI=1S/C16H10F2N2O2S2/c1-2-9-20-14-8-5-12(18)10-15(14)23-16(20)19-24(21,22)13-6-3-11(17)4-7-13/h1,3-8,10H,9H2. The first-order valence-electron chi connectivity index (χ1n) is 6.69. The number of hydrogen-bond acceptors (Lipinski definition) is 3. The maximum Gasteiger partial charge on any atom is 0.285 e. The minimum atomic E-state index is -4.04. The summed E-state index contributed by atoms with van der Waals surface area (Å²) in [5.41, 5.74) is 0.590. The lowest BCUT2D eigenvalue weighted by molar-refractivity contribution is 0.594. The van der Waals surface area contributed by atoms with Gasteiger partial charge in [-0.3, -0.25) is 0 Å². The molecular weight excluding hydrogens is 354 g/mol. The van der Waals surface area contributed by atoms with Crippen molar-refractivity contribution >= 4 is 31.6 Å². The van der Waals surface area contributed by atoms with Crippen molar-refractivity contribution in [2.45, 2.75) is 11.4 Å². The average molecular weight is 364 g/mol. The van der Waals surface area contributed by atoms with Gasteiger partial charge in [0.05, 0.1) is 21.7 Å². The third kappa shape index (κ3) is 3.09. The first-order chi connectivity index (χ1) is 11.4. The maximum atomic E-state index is 13.4. The Morgan fingerprint density at radius 1 is 1.12 bits per heavy atom. The Balaban J connectivity index is 2.24. The van der Waals surface area contributed by atoms with E-state index in [4.69, 9.17) is 6.42 Å². The predicted molar refractivity (Wildman–Crippen MR) is 87.8 cm³/mol. The van der Waals surface area contributed by atoms with Gasteiger partial charge >= 0.3 is 0 Å². The van der Waals surface area contributed by atoms with Gasteiger partial charge in [-0.2, -0.15) is 8.42 Å². The van der Waals surface area contributed by atoms with Gasteiger partial charge in [-0.15, -0.1) is 10.8 Å². The minimum absolute atomic E-state index is 0.0867. The number of rotatable bonds is 3. The second kappa shape index (κ2) is 6.19. The first kappa shape index (κ1) is 16.4. The number of thiazole rings is 1. The number of sulfonamides is 1. The van der Waals surface area contributed by atoms with E-state index >= 15 is 0 Å². The molecule has 0 fully saturated rings. The molecule has 8 heteroatoms. The highest BCUT2D eigenvalue weighted by atomic mass is 32.2. The van der Waals surface area contributed by atoms with Crippen LogP contribution in [0.15, 0.2) is 51.8 Å². The third-order valence-corrected chi connectivity index (χ3v) is 5.64. The predicted octanol–water partition coefficient (Wildman–Crippen LogP) is 2.90. The van der Waals surface area contributed by atoms with Crippen LogP contribution < -0.4 is 4.80 Å². The van der Waals surface area contributed by atoms with Crippen molar-refractivity contribution in [1.82, 2.24) is 4.57 Å². The van der Waals surface area contributed by atoms with E-state index in [0.29, 0.717) is 10.2 Å². The molecule has 122 valence electrons. The van der Waals surface area contributed by atoms with Gasteiger partial charge in [0.1, 0.15) is 11.6 Å². The molecule has 1 aromatic heterocycles. The van der Waals surface area contributed by atoms with Gasteiger partial charge < -0.3 is 4.57 Å². The number of hydrogen-bond donors (Lipinski definition) is 0. The monoisotopic (exact) mass is 364 g/mol. The van der Waals surface area contributed by atoms with Crippen LogP contribution in [0.3, 0.4) is 0 Å². The molecule has 3 aromatic rings. The van der Waals surface area contributed by atoms with E-state index in [1.807, 2.05) is 0 Å². The summed E-state index contributed by atoms with van der Waals surface area (Å²) in [6, 6.07) is 8.41. The van der Waals surface area contributed by atoms with Crippen LogP contribution >= 0.6 is 11.3 Å². The molecule has 0 unspecified atom stereocenters. The van der Waals surface area contributed by atoms with Crippen LogP contribution in [0.5, 0.6) is 0 Å². The summed E-state index contributed by atoms with van der Waals surface area (Å²) in [6.45, 7) is 0.0867. The molecule has 0 saturated heterocycles. The molecule has 0 aliphatic heterocycles. The highest BCUT2D eigenvalue weighted by Gasteiger charge is 2.15. The molecule has 0 atom stereocenters. The molecule has 0 saturated carbocycles. The first-order valence-corrected chi connectivity index (χ1v) is 8.95. The zero-order valence-corrected chi connectivity index (χ0v) is 13.7. The lowest BCUT2D eigenvalue weighted by atomic mass is 10.3. The van der Waals surface area contributed by atoms with Crippen molar-refractivity contribution in [3.63, 3.8) is 0 Å². The van der Waals surface area contributed by atoms with Gasteiger partial charge in [-0.05, 0) is 42.5 Å². The summed E-state index contributed by atoms with van der Waals surface area (Å²) in [5.74, 6) is 1.43. The molecule has 24 heavy (non-hydrogen) atoms. The molecule has 0 aliphatic rings. The molecule has 0 aliphatic carbocycles.